The molecule has 1 saturated heterocycles. The van der Waals surface area contributed by atoms with Crippen LogP contribution in [0, 0.1) is 0 Å². The van der Waals surface area contributed by atoms with Gasteiger partial charge in [0.1, 0.15) is 5.66 Å². The number of nitrogens with two attached hydrogens (primary N) is 1. The maximum absolute atomic E-state index is 6.41. The Bertz CT molecular complexity index is 404. The first-order chi connectivity index (χ1) is 8.75. The van der Waals surface area contributed by atoms with Crippen LogP contribution in [0.3, 0.4) is 0 Å². The number of nitrogens with zero attached hydrogens (tertiary/aromatic N) is 2. The number of piperidine rings is 1. The fourth-order valence-electron chi connectivity index (χ4n) is 2.85. The summed E-state index contributed by atoms with van der Waals surface area (Å²) < 4.78 is 0. The Hall–Kier alpha value is -0.560. The minimum Gasteiger partial charge on any atom is -0.344 e. The van der Waals surface area contributed by atoms with Crippen molar-refractivity contribution in [1.82, 2.24) is 21.5 Å². The van der Waals surface area contributed by atoms with E-state index in [4.69, 9.17) is 5.73 Å². The second-order valence-electron chi connectivity index (χ2n) is 5.44. The van der Waals surface area contributed by atoms with Crippen LogP contribution in [0.4, 0.5) is 0 Å². The second-order valence-corrected chi connectivity index (χ2v) is 5.44. The van der Waals surface area contributed by atoms with E-state index < -0.39 is 5.66 Å². The lowest BCUT2D eigenvalue weighted by Gasteiger charge is -2.31. The van der Waals surface area contributed by atoms with Crippen LogP contribution in [-0.2, 0) is 0 Å². The lowest BCUT2D eigenvalue weighted by Crippen LogP contribution is -2.54. The van der Waals surface area contributed by atoms with E-state index in [2.05, 4.69) is 22.5 Å². The quantitative estimate of drug-likeness (QED) is 0.737. The average molecular weight is 336 g/mol. The smallest absolute Gasteiger partial charge is 0.107 e. The number of hydrogen-bond donors (Lipinski definition) is 3. The molecule has 1 unspecified atom stereocenters. The Labute approximate surface area is 139 Å². The largest absolute Gasteiger partial charge is 0.344 e. The third-order valence-corrected chi connectivity index (χ3v) is 3.92. The molecule has 0 aromatic heterocycles. The van der Waals surface area contributed by atoms with Gasteiger partial charge in [0.25, 0.3) is 0 Å². The van der Waals surface area contributed by atoms with E-state index >= 15 is 0 Å². The van der Waals surface area contributed by atoms with Gasteiger partial charge in [0.2, 0.25) is 0 Å². The summed E-state index contributed by atoms with van der Waals surface area (Å²) in [5.74, 6) is 0. The number of rotatable bonds is 3. The normalized spacial score (nSPS) is 27.1. The predicted octanol–water partition coefficient (Wildman–Crippen LogP) is 2.31. The van der Waals surface area contributed by atoms with E-state index in [1.807, 2.05) is 23.4 Å². The summed E-state index contributed by atoms with van der Waals surface area (Å²) in [5, 5.41) is 2.01. The number of hydrazine groups is 1. The molecule has 0 spiro atoms. The third-order valence-electron chi connectivity index (χ3n) is 3.92. The molecule has 3 heterocycles. The predicted molar refractivity (Wildman–Crippen MR) is 92.7 cm³/mol. The maximum atomic E-state index is 6.41. The molecule has 0 bridgehead atoms. The number of fused-ring (bicyclic) bond motifs is 1. The summed E-state index contributed by atoms with van der Waals surface area (Å²) in [6.45, 7) is 3.54. The van der Waals surface area contributed by atoms with Crippen LogP contribution in [0.2, 0.25) is 0 Å². The van der Waals surface area contributed by atoms with Crippen LogP contribution in [0.5, 0.6) is 0 Å². The number of allylic oxidation sites excluding steroid dienone is 3. The lowest BCUT2D eigenvalue weighted by atomic mass is 10.1. The lowest BCUT2D eigenvalue weighted by molar-refractivity contribution is 0.187. The van der Waals surface area contributed by atoms with Gasteiger partial charge < -0.3 is 16.8 Å². The fraction of sp³-hybridized carbons (Fsp3) is 0.571. The maximum Gasteiger partial charge on any atom is 0.107 e. The Morgan fingerprint density at radius 2 is 1.86 bits per heavy atom. The molecule has 6 N–H and O–H groups in total. The third kappa shape index (κ3) is 4.98. The Kier molecular flexibility index (Phi) is 8.54. The first kappa shape index (κ1) is 20.4. The molecule has 0 saturated carbocycles. The van der Waals surface area contributed by atoms with E-state index in [1.54, 1.807) is 0 Å². The molecule has 1 atom stereocenters. The van der Waals surface area contributed by atoms with Crippen molar-refractivity contribution in [2.45, 2.75) is 31.3 Å². The summed E-state index contributed by atoms with van der Waals surface area (Å²) >= 11 is 0. The molecule has 3 aliphatic rings. The minimum absolute atomic E-state index is 0. The highest BCUT2D eigenvalue weighted by molar-refractivity contribution is 5.85. The van der Waals surface area contributed by atoms with Crippen molar-refractivity contribution in [1.29, 1.82) is 0 Å². The first-order valence-corrected chi connectivity index (χ1v) is 6.91. The molecule has 122 valence electrons. The molecule has 0 aliphatic carbocycles. The van der Waals surface area contributed by atoms with Crippen molar-refractivity contribution in [2.75, 3.05) is 19.6 Å². The van der Waals surface area contributed by atoms with Crippen LogP contribution in [0.25, 0.3) is 0 Å². The number of nitrogens with one attached hydrogen (secondary N) is 1. The molecule has 0 radical (unpaired) electrons. The summed E-state index contributed by atoms with van der Waals surface area (Å²) in [6.07, 6.45) is 15.3. The molecule has 21 heavy (non-hydrogen) atoms. The van der Waals surface area contributed by atoms with Gasteiger partial charge in [-0.1, -0.05) is 12.5 Å². The monoisotopic (exact) mass is 335 g/mol. The minimum atomic E-state index is -0.397. The SMILES string of the molecule is Cl.Cl.N.NC1(CCN2CCCCC2)C=C2C=CC=CN2N1. The zero-order chi connectivity index (χ0) is 12.4. The highest BCUT2D eigenvalue weighted by atomic mass is 35.5. The Morgan fingerprint density at radius 1 is 1.14 bits per heavy atom. The van der Waals surface area contributed by atoms with Gasteiger partial charge in [-0.2, -0.15) is 0 Å². The van der Waals surface area contributed by atoms with Crippen LogP contribution in [-0.4, -0.2) is 35.2 Å². The highest BCUT2D eigenvalue weighted by Crippen LogP contribution is 2.24. The van der Waals surface area contributed by atoms with E-state index in [1.165, 1.54) is 32.4 Å². The summed E-state index contributed by atoms with van der Waals surface area (Å²) in [4.78, 5) is 2.53. The van der Waals surface area contributed by atoms with Crippen molar-refractivity contribution >= 4 is 24.8 Å². The van der Waals surface area contributed by atoms with E-state index in [9.17, 15) is 0 Å². The first-order valence-electron chi connectivity index (χ1n) is 6.91. The zero-order valence-electron chi connectivity index (χ0n) is 12.3. The highest BCUT2D eigenvalue weighted by Gasteiger charge is 2.32. The van der Waals surface area contributed by atoms with Crippen LogP contribution < -0.4 is 17.3 Å². The Morgan fingerprint density at radius 3 is 2.52 bits per heavy atom. The van der Waals surface area contributed by atoms with Gasteiger partial charge in [-0.25, -0.2) is 5.43 Å². The molecule has 0 aromatic carbocycles. The summed E-state index contributed by atoms with van der Waals surface area (Å²) in [6, 6.07) is 0. The van der Waals surface area contributed by atoms with Gasteiger partial charge in [0.15, 0.2) is 0 Å². The molecule has 0 aromatic rings. The summed E-state index contributed by atoms with van der Waals surface area (Å²) in [7, 11) is 0. The molecular formula is C14H27Cl2N5. The molecule has 3 aliphatic heterocycles. The standard InChI is InChI=1S/C14H22N4.2ClH.H3N/c15-14(7-11-17-8-3-1-4-9-17)12-13-6-2-5-10-18(13)16-14;;;/h2,5-6,10,12,16H,1,3-4,7-9,11,15H2;2*1H;1H3. The number of likely N-dealkylation sites (tertiary alicyclic amines) is 1. The van der Waals surface area contributed by atoms with Crippen molar-refractivity contribution in [3.05, 3.63) is 36.2 Å². The van der Waals surface area contributed by atoms with Crippen LogP contribution in [0.1, 0.15) is 25.7 Å². The Balaban J connectivity index is 0.00000133. The van der Waals surface area contributed by atoms with Crippen molar-refractivity contribution in [2.24, 2.45) is 5.73 Å². The van der Waals surface area contributed by atoms with E-state index in [0.717, 1.165) is 18.7 Å². The van der Waals surface area contributed by atoms with Crippen LogP contribution in [0.15, 0.2) is 36.2 Å². The van der Waals surface area contributed by atoms with E-state index in [0.29, 0.717) is 0 Å². The molecule has 0 amide bonds. The topological polar surface area (TPSA) is 79.5 Å². The van der Waals surface area contributed by atoms with Crippen molar-refractivity contribution < 1.29 is 0 Å². The molecular weight excluding hydrogens is 309 g/mol. The molecule has 7 heteroatoms. The van der Waals surface area contributed by atoms with Gasteiger partial charge >= 0.3 is 0 Å². The summed E-state index contributed by atoms with van der Waals surface area (Å²) in [5.41, 5.74) is 10.5. The van der Waals surface area contributed by atoms with Gasteiger partial charge in [-0.3, -0.25) is 5.01 Å². The van der Waals surface area contributed by atoms with Gasteiger partial charge in [-0.05, 0) is 50.6 Å². The van der Waals surface area contributed by atoms with Crippen LogP contribution >= 0.6 is 24.8 Å². The van der Waals surface area contributed by atoms with Gasteiger partial charge in [0, 0.05) is 12.7 Å². The second kappa shape index (κ2) is 8.78. The number of hydrogen-bond acceptors (Lipinski definition) is 5. The number of halogens is 2. The van der Waals surface area contributed by atoms with Crippen molar-refractivity contribution in [3.63, 3.8) is 0 Å². The van der Waals surface area contributed by atoms with Gasteiger partial charge in [-0.15, -0.1) is 24.8 Å². The molecule has 3 rings (SSSR count). The zero-order valence-corrected chi connectivity index (χ0v) is 14.0. The van der Waals surface area contributed by atoms with Gasteiger partial charge in [0.05, 0.1) is 5.70 Å². The fourth-order valence-corrected chi connectivity index (χ4v) is 2.85. The molecule has 1 fully saturated rings. The van der Waals surface area contributed by atoms with E-state index in [-0.39, 0.29) is 31.0 Å². The van der Waals surface area contributed by atoms with Crippen molar-refractivity contribution in [3.8, 4) is 0 Å². The molecule has 5 nitrogen and oxygen atoms in total. The average Bonchev–Trinajstić information content (AvgIpc) is 2.74.